The third-order valence-corrected chi connectivity index (χ3v) is 12.2. The Labute approximate surface area is 248 Å². The predicted octanol–water partition coefficient (Wildman–Crippen LogP) is 2.86. The highest BCUT2D eigenvalue weighted by Crippen LogP contribution is 2.38. The van der Waals surface area contributed by atoms with Crippen LogP contribution in [0.15, 0.2) is 62.8 Å². The fourth-order valence-corrected chi connectivity index (χ4v) is 8.82. The summed E-state index contributed by atoms with van der Waals surface area (Å²) in [4.78, 5) is 12.8. The van der Waals surface area contributed by atoms with Crippen LogP contribution in [0.25, 0.3) is 0 Å². The van der Waals surface area contributed by atoms with Gasteiger partial charge < -0.3 is 24.6 Å². The number of halogens is 1. The smallest absolute Gasteiger partial charge is 0.407 e. The minimum Gasteiger partial charge on any atom is -0.491 e. The van der Waals surface area contributed by atoms with Crippen molar-refractivity contribution in [2.45, 2.75) is 65.0 Å². The molecule has 2 N–H and O–H groups in total. The standard InChI is InChI=1S/C27H33BrN2O9S2/c28-19-3-1-6-25(13-19)41(35,36)30-11-9-27(10-12-30)15-22(18-38-27)39-26(32)29-16-20(31)17-37-21-4-2-5-24(14-21)40(33,34)23-7-8-23/h1-6,13-14,20,22-23,31H,7-12,15-18H2,(H,29,32)/t20?,22-/m1/s1. The van der Waals surface area contributed by atoms with Crippen molar-refractivity contribution in [2.75, 3.05) is 32.8 Å². The molecule has 1 amide bonds. The lowest BCUT2D eigenvalue weighted by Crippen LogP contribution is -2.46. The maximum atomic E-state index is 13.0. The number of carbonyl (C=O) groups excluding carboxylic acids is 1. The largest absolute Gasteiger partial charge is 0.491 e. The molecule has 2 saturated heterocycles. The quantitative estimate of drug-likeness (QED) is 0.389. The van der Waals surface area contributed by atoms with E-state index in [9.17, 15) is 26.7 Å². The number of ether oxygens (including phenoxy) is 3. The second kappa shape index (κ2) is 12.2. The lowest BCUT2D eigenvalue weighted by atomic mass is 9.89. The zero-order valence-electron chi connectivity index (χ0n) is 22.3. The van der Waals surface area contributed by atoms with Gasteiger partial charge in [-0.15, -0.1) is 0 Å². The SMILES string of the molecule is O=C(NCC(O)COc1cccc(S(=O)(=O)C2CC2)c1)O[C@H]1COC2(CCN(S(=O)(=O)c3cccc(Br)c3)CC2)C1. The average molecular weight is 674 g/mol. The number of amides is 1. The van der Waals surface area contributed by atoms with Crippen LogP contribution in [0.1, 0.15) is 32.1 Å². The number of nitrogens with one attached hydrogen (secondary N) is 1. The van der Waals surface area contributed by atoms with Crippen LogP contribution in [-0.4, -0.2) is 88.2 Å². The molecule has 41 heavy (non-hydrogen) atoms. The molecule has 1 aliphatic carbocycles. The first kappa shape index (κ1) is 30.2. The van der Waals surface area contributed by atoms with Gasteiger partial charge >= 0.3 is 6.09 Å². The molecular formula is C27H33BrN2O9S2. The van der Waals surface area contributed by atoms with Gasteiger partial charge in [0, 0.05) is 24.0 Å². The molecule has 0 aromatic heterocycles. The molecule has 1 spiro atoms. The third-order valence-electron chi connectivity index (χ3n) is 7.54. The number of nitrogens with zero attached hydrogens (tertiary/aromatic N) is 1. The summed E-state index contributed by atoms with van der Waals surface area (Å²) in [5.41, 5.74) is -0.552. The highest BCUT2D eigenvalue weighted by Gasteiger charge is 2.46. The van der Waals surface area contributed by atoms with Gasteiger partial charge in [-0.1, -0.05) is 28.1 Å². The summed E-state index contributed by atoms with van der Waals surface area (Å²) in [7, 11) is -6.97. The number of piperidine rings is 1. The van der Waals surface area contributed by atoms with E-state index in [4.69, 9.17) is 14.2 Å². The number of hydrogen-bond donors (Lipinski definition) is 2. The van der Waals surface area contributed by atoms with Crippen molar-refractivity contribution in [2.24, 2.45) is 0 Å². The number of hydrogen-bond acceptors (Lipinski definition) is 9. The highest BCUT2D eigenvalue weighted by molar-refractivity contribution is 9.10. The van der Waals surface area contributed by atoms with Crippen LogP contribution in [0.2, 0.25) is 0 Å². The van der Waals surface area contributed by atoms with Crippen LogP contribution in [0, 0.1) is 0 Å². The Morgan fingerprint density at radius 3 is 2.51 bits per heavy atom. The predicted molar refractivity (Wildman–Crippen MR) is 152 cm³/mol. The lowest BCUT2D eigenvalue weighted by Gasteiger charge is -2.37. The number of sulfone groups is 1. The van der Waals surface area contributed by atoms with Crippen LogP contribution in [0.3, 0.4) is 0 Å². The van der Waals surface area contributed by atoms with Crippen molar-refractivity contribution in [3.05, 3.63) is 53.0 Å². The zero-order chi connectivity index (χ0) is 29.3. The number of alkyl carbamates (subject to hydrolysis) is 1. The van der Waals surface area contributed by atoms with Gasteiger partial charge in [0.05, 0.1) is 33.8 Å². The molecule has 14 heteroatoms. The van der Waals surface area contributed by atoms with Crippen molar-refractivity contribution in [1.29, 1.82) is 0 Å². The molecule has 11 nitrogen and oxygen atoms in total. The molecule has 5 rings (SSSR count). The average Bonchev–Trinajstić information content (AvgIpc) is 3.75. The number of carbonyl (C=O) groups is 1. The number of sulfonamides is 1. The number of aliphatic hydroxyl groups excluding tert-OH is 1. The minimum atomic E-state index is -3.62. The van der Waals surface area contributed by atoms with Gasteiger partial charge in [-0.2, -0.15) is 4.31 Å². The molecule has 2 aromatic carbocycles. The summed E-state index contributed by atoms with van der Waals surface area (Å²) in [5, 5.41) is 12.4. The summed E-state index contributed by atoms with van der Waals surface area (Å²) in [6.07, 6.45) is 0.512. The second-order valence-corrected chi connectivity index (χ2v) is 15.7. The molecule has 1 unspecified atom stereocenters. The van der Waals surface area contributed by atoms with Crippen molar-refractivity contribution in [3.8, 4) is 5.75 Å². The lowest BCUT2D eigenvalue weighted by molar-refractivity contribution is -0.0325. The van der Waals surface area contributed by atoms with Crippen LogP contribution in [-0.2, 0) is 29.3 Å². The van der Waals surface area contributed by atoms with E-state index < -0.39 is 43.8 Å². The Morgan fingerprint density at radius 2 is 1.80 bits per heavy atom. The first-order chi connectivity index (χ1) is 19.5. The normalized spacial score (nSPS) is 21.9. The van der Waals surface area contributed by atoms with E-state index in [0.717, 1.165) is 0 Å². The molecular weight excluding hydrogens is 640 g/mol. The van der Waals surface area contributed by atoms with Crippen LogP contribution < -0.4 is 10.1 Å². The zero-order valence-corrected chi connectivity index (χ0v) is 25.5. The summed E-state index contributed by atoms with van der Waals surface area (Å²) in [6.45, 7) is 0.532. The van der Waals surface area contributed by atoms with Gasteiger partial charge in [0.15, 0.2) is 9.84 Å². The summed E-state index contributed by atoms with van der Waals surface area (Å²) in [6, 6.07) is 12.8. The van der Waals surface area contributed by atoms with E-state index in [0.29, 0.717) is 55.4 Å². The van der Waals surface area contributed by atoms with Crippen molar-refractivity contribution in [3.63, 3.8) is 0 Å². The van der Waals surface area contributed by atoms with Crippen LogP contribution >= 0.6 is 15.9 Å². The molecule has 2 atom stereocenters. The Balaban J connectivity index is 1.03. The molecule has 3 aliphatic rings. The van der Waals surface area contributed by atoms with Gasteiger partial charge in [0.25, 0.3) is 0 Å². The topological polar surface area (TPSA) is 149 Å². The van der Waals surface area contributed by atoms with E-state index in [-0.39, 0.29) is 34.8 Å². The number of aliphatic hydroxyl groups is 1. The van der Waals surface area contributed by atoms with Crippen LogP contribution in [0.4, 0.5) is 4.79 Å². The van der Waals surface area contributed by atoms with Gasteiger partial charge in [-0.3, -0.25) is 0 Å². The Hall–Kier alpha value is -2.23. The molecule has 0 radical (unpaired) electrons. The summed E-state index contributed by atoms with van der Waals surface area (Å²) >= 11 is 3.32. The van der Waals surface area contributed by atoms with Gasteiger partial charge in [0.1, 0.15) is 24.6 Å². The Morgan fingerprint density at radius 1 is 1.10 bits per heavy atom. The molecule has 1 saturated carbocycles. The Bertz CT molecular complexity index is 1470. The first-order valence-electron chi connectivity index (χ1n) is 13.5. The van der Waals surface area contributed by atoms with Crippen LogP contribution in [0.5, 0.6) is 5.75 Å². The molecule has 2 aromatic rings. The first-order valence-corrected chi connectivity index (χ1v) is 17.2. The molecule has 2 heterocycles. The maximum absolute atomic E-state index is 13.0. The van der Waals surface area contributed by atoms with E-state index in [1.165, 1.54) is 16.4 Å². The van der Waals surface area contributed by atoms with Gasteiger partial charge in [0.2, 0.25) is 10.0 Å². The van der Waals surface area contributed by atoms with Gasteiger partial charge in [-0.25, -0.2) is 21.6 Å². The molecule has 0 bridgehead atoms. The number of benzene rings is 2. The molecule has 2 aliphatic heterocycles. The van der Waals surface area contributed by atoms with Crippen molar-refractivity contribution in [1.82, 2.24) is 9.62 Å². The fraction of sp³-hybridized carbons (Fsp3) is 0.519. The maximum Gasteiger partial charge on any atom is 0.407 e. The number of rotatable bonds is 10. The summed E-state index contributed by atoms with van der Waals surface area (Å²) < 4.78 is 70.0. The highest BCUT2D eigenvalue weighted by atomic mass is 79.9. The van der Waals surface area contributed by atoms with Crippen molar-refractivity contribution >= 4 is 41.9 Å². The van der Waals surface area contributed by atoms with E-state index in [2.05, 4.69) is 21.2 Å². The van der Waals surface area contributed by atoms with Gasteiger partial charge in [-0.05, 0) is 62.1 Å². The van der Waals surface area contributed by atoms with Crippen molar-refractivity contribution < 1.29 is 40.9 Å². The third kappa shape index (κ3) is 7.23. The second-order valence-electron chi connectivity index (χ2n) is 10.7. The van der Waals surface area contributed by atoms with E-state index >= 15 is 0 Å². The van der Waals surface area contributed by atoms with E-state index in [1.54, 1.807) is 36.4 Å². The molecule has 3 fully saturated rings. The fourth-order valence-electron chi connectivity index (χ4n) is 5.09. The summed E-state index contributed by atoms with van der Waals surface area (Å²) in [5.74, 6) is 0.317. The molecule has 224 valence electrons. The Kier molecular flexibility index (Phi) is 8.98. The van der Waals surface area contributed by atoms with E-state index in [1.807, 2.05) is 0 Å². The minimum absolute atomic E-state index is 0.125. The monoisotopic (exact) mass is 672 g/mol.